The Bertz CT molecular complexity index is 811. The summed E-state index contributed by atoms with van der Waals surface area (Å²) in [5, 5.41) is 6.65. The molecule has 1 N–H and O–H groups in total. The van der Waals surface area contributed by atoms with Gasteiger partial charge < -0.3 is 19.3 Å². The Morgan fingerprint density at radius 2 is 1.70 bits per heavy atom. The van der Waals surface area contributed by atoms with Crippen molar-refractivity contribution >= 4 is 17.8 Å². The predicted octanol–water partition coefficient (Wildman–Crippen LogP) is 4.00. The Morgan fingerprint density at radius 1 is 1.10 bits per heavy atom. The Labute approximate surface area is 178 Å². The third-order valence-corrected chi connectivity index (χ3v) is 4.44. The van der Waals surface area contributed by atoms with Gasteiger partial charge in [0.05, 0.1) is 11.3 Å². The highest BCUT2D eigenvalue weighted by atomic mass is 16.6. The second-order valence-electron chi connectivity index (χ2n) is 10.6. The van der Waals surface area contributed by atoms with Crippen molar-refractivity contribution < 1.29 is 28.4 Å². The van der Waals surface area contributed by atoms with Crippen LogP contribution in [0.3, 0.4) is 0 Å². The van der Waals surface area contributed by atoms with E-state index in [2.05, 4.69) is 10.5 Å². The first-order valence-corrected chi connectivity index (χ1v) is 10.3. The van der Waals surface area contributed by atoms with E-state index in [1.807, 2.05) is 13.8 Å². The van der Waals surface area contributed by atoms with E-state index >= 15 is 0 Å². The summed E-state index contributed by atoms with van der Waals surface area (Å²) in [5.74, 6) is 0.00442. The number of rotatable bonds is 5. The number of aryl methyl sites for hydroxylation is 1. The molecule has 0 fully saturated rings. The minimum Gasteiger partial charge on any atom is -0.458 e. The first-order chi connectivity index (χ1) is 13.6. The molecule has 1 atom stereocenters. The van der Waals surface area contributed by atoms with Crippen molar-refractivity contribution in [3.63, 3.8) is 0 Å². The van der Waals surface area contributed by atoms with Crippen LogP contribution in [0.1, 0.15) is 90.0 Å². The Balaban J connectivity index is 2.15. The lowest BCUT2D eigenvalue weighted by Gasteiger charge is -2.27. The first-order valence-electron chi connectivity index (χ1n) is 10.3. The van der Waals surface area contributed by atoms with Gasteiger partial charge in [0.15, 0.2) is 5.78 Å². The summed E-state index contributed by atoms with van der Waals surface area (Å²) >= 11 is 0. The lowest BCUT2D eigenvalue weighted by Crippen LogP contribution is -2.46. The van der Waals surface area contributed by atoms with Crippen molar-refractivity contribution in [1.29, 1.82) is 0 Å². The van der Waals surface area contributed by atoms with E-state index in [0.717, 1.165) is 0 Å². The third-order valence-electron chi connectivity index (χ3n) is 4.44. The van der Waals surface area contributed by atoms with Gasteiger partial charge in [-0.25, -0.2) is 9.59 Å². The van der Waals surface area contributed by atoms with Crippen molar-refractivity contribution in [2.45, 2.75) is 98.3 Å². The summed E-state index contributed by atoms with van der Waals surface area (Å²) in [6, 6.07) is -0.943. The number of ketones is 1. The van der Waals surface area contributed by atoms with Crippen LogP contribution in [0.4, 0.5) is 4.79 Å². The molecular weight excluding hydrogens is 388 g/mol. The topological polar surface area (TPSA) is 108 Å². The van der Waals surface area contributed by atoms with Gasteiger partial charge in [0.1, 0.15) is 23.0 Å². The smallest absolute Gasteiger partial charge is 0.408 e. The molecule has 0 saturated carbocycles. The van der Waals surface area contributed by atoms with Crippen LogP contribution in [0.25, 0.3) is 0 Å². The summed E-state index contributed by atoms with van der Waals surface area (Å²) in [4.78, 5) is 37.5. The number of nitrogens with one attached hydrogen (secondary N) is 1. The number of hydrogen-bond donors (Lipinski definition) is 1. The molecule has 168 valence electrons. The number of esters is 1. The van der Waals surface area contributed by atoms with Crippen LogP contribution in [0.5, 0.6) is 0 Å². The van der Waals surface area contributed by atoms with Gasteiger partial charge in [-0.3, -0.25) is 4.79 Å². The quantitative estimate of drug-likeness (QED) is 0.715. The number of carbonyl (C=O) groups is 3. The van der Waals surface area contributed by atoms with Crippen LogP contribution in [0.15, 0.2) is 4.52 Å². The molecule has 30 heavy (non-hydrogen) atoms. The molecule has 8 nitrogen and oxygen atoms in total. The van der Waals surface area contributed by atoms with Crippen molar-refractivity contribution in [3.8, 4) is 0 Å². The molecule has 2 rings (SSSR count). The summed E-state index contributed by atoms with van der Waals surface area (Å²) in [6.45, 7) is 14.5. The first kappa shape index (κ1) is 23.9. The van der Waals surface area contributed by atoms with Crippen molar-refractivity contribution in [2.75, 3.05) is 0 Å². The number of Topliss-reactive ketones (excluding diaryl/α,β-unsaturated/α-hetero) is 1. The summed E-state index contributed by atoms with van der Waals surface area (Å²) in [6.07, 6.45) is 0.819. The van der Waals surface area contributed by atoms with Crippen LogP contribution in [0, 0.1) is 5.41 Å². The summed E-state index contributed by atoms with van der Waals surface area (Å²) in [7, 11) is 0. The number of hydrogen-bond acceptors (Lipinski definition) is 7. The number of carbonyl (C=O) groups excluding carboxylic acids is 3. The molecule has 1 aromatic rings. The van der Waals surface area contributed by atoms with Crippen LogP contribution >= 0.6 is 0 Å². The van der Waals surface area contributed by atoms with Gasteiger partial charge in [-0.05, 0) is 59.8 Å². The third kappa shape index (κ3) is 6.85. The predicted molar refractivity (Wildman–Crippen MR) is 110 cm³/mol. The van der Waals surface area contributed by atoms with Crippen molar-refractivity contribution in [1.82, 2.24) is 10.5 Å². The molecule has 1 aliphatic carbocycles. The number of amides is 1. The molecule has 0 radical (unpaired) electrons. The number of aromatic nitrogens is 1. The Kier molecular flexibility index (Phi) is 6.69. The Morgan fingerprint density at radius 3 is 2.27 bits per heavy atom. The molecule has 8 heteroatoms. The van der Waals surface area contributed by atoms with Crippen molar-refractivity contribution in [3.05, 3.63) is 17.0 Å². The normalized spacial score (nSPS) is 17.1. The monoisotopic (exact) mass is 422 g/mol. The maximum atomic E-state index is 12.7. The van der Waals surface area contributed by atoms with E-state index in [1.165, 1.54) is 0 Å². The van der Waals surface area contributed by atoms with E-state index in [-0.39, 0.29) is 24.0 Å². The van der Waals surface area contributed by atoms with Gasteiger partial charge in [-0.15, -0.1) is 0 Å². The molecule has 0 aliphatic heterocycles. The average Bonchev–Trinajstić information content (AvgIpc) is 2.89. The maximum absolute atomic E-state index is 12.7. The standard InChI is InChI=1S/C22H34N2O6/c1-20(2,3)28-18(26)14(23-19(27)29-21(4,5)6)10-9-13-17-15(25)11-22(7,8)12-16(17)30-24-13/h14H,9-12H2,1-8H3,(H,23,27)/t14-/m0/s1. The van der Waals surface area contributed by atoms with Crippen LogP contribution < -0.4 is 5.32 Å². The van der Waals surface area contributed by atoms with Gasteiger partial charge in [-0.1, -0.05) is 19.0 Å². The minimum atomic E-state index is -0.943. The Hall–Kier alpha value is -2.38. The van der Waals surface area contributed by atoms with E-state index < -0.39 is 29.3 Å². The SMILES string of the molecule is CC1(C)CC(=O)c2c(CC[C@H](NC(=O)OC(C)(C)C)C(=O)OC(C)(C)C)noc2C1. The second-order valence-corrected chi connectivity index (χ2v) is 10.6. The zero-order valence-corrected chi connectivity index (χ0v) is 19.3. The van der Waals surface area contributed by atoms with Crippen LogP contribution in [-0.2, 0) is 27.1 Å². The molecule has 1 aromatic heterocycles. The molecule has 0 spiro atoms. The number of ether oxygens (including phenoxy) is 2. The van der Waals surface area contributed by atoms with Gasteiger partial charge in [0.2, 0.25) is 0 Å². The molecule has 0 saturated heterocycles. The number of fused-ring (bicyclic) bond motifs is 1. The highest BCUT2D eigenvalue weighted by Gasteiger charge is 2.37. The van der Waals surface area contributed by atoms with E-state index in [9.17, 15) is 14.4 Å². The highest BCUT2D eigenvalue weighted by Crippen LogP contribution is 2.36. The number of nitrogens with zero attached hydrogens (tertiary/aromatic N) is 1. The zero-order valence-electron chi connectivity index (χ0n) is 19.3. The fraction of sp³-hybridized carbons (Fsp3) is 0.727. The average molecular weight is 423 g/mol. The van der Waals surface area contributed by atoms with E-state index in [0.29, 0.717) is 29.9 Å². The van der Waals surface area contributed by atoms with E-state index in [4.69, 9.17) is 14.0 Å². The summed E-state index contributed by atoms with van der Waals surface area (Å²) in [5.41, 5.74) is -0.565. The molecule has 1 amide bonds. The van der Waals surface area contributed by atoms with Gasteiger partial charge in [0.25, 0.3) is 0 Å². The van der Waals surface area contributed by atoms with Crippen molar-refractivity contribution in [2.24, 2.45) is 5.41 Å². The van der Waals surface area contributed by atoms with E-state index in [1.54, 1.807) is 41.5 Å². The zero-order chi connectivity index (χ0) is 22.9. The molecule has 1 aliphatic rings. The molecule has 0 unspecified atom stereocenters. The molecular formula is C22H34N2O6. The fourth-order valence-electron chi connectivity index (χ4n) is 3.34. The number of alkyl carbamates (subject to hydrolysis) is 1. The second kappa shape index (κ2) is 8.40. The van der Waals surface area contributed by atoms with Gasteiger partial charge in [0, 0.05) is 12.8 Å². The van der Waals surface area contributed by atoms with Crippen LogP contribution in [-0.4, -0.2) is 40.2 Å². The van der Waals surface area contributed by atoms with Gasteiger partial charge in [-0.2, -0.15) is 0 Å². The lowest BCUT2D eigenvalue weighted by molar-refractivity contribution is -0.157. The molecule has 1 heterocycles. The fourth-order valence-corrected chi connectivity index (χ4v) is 3.34. The molecule has 0 aromatic carbocycles. The largest absolute Gasteiger partial charge is 0.458 e. The van der Waals surface area contributed by atoms with Crippen LogP contribution in [0.2, 0.25) is 0 Å². The maximum Gasteiger partial charge on any atom is 0.408 e. The minimum absolute atomic E-state index is 0.00794. The summed E-state index contributed by atoms with van der Waals surface area (Å²) < 4.78 is 16.1. The highest BCUT2D eigenvalue weighted by molar-refractivity contribution is 5.99. The van der Waals surface area contributed by atoms with Gasteiger partial charge >= 0.3 is 12.1 Å². The lowest BCUT2D eigenvalue weighted by atomic mass is 9.76. The molecule has 0 bridgehead atoms.